The Balaban J connectivity index is 1.66. The normalized spacial score (nSPS) is 17.9. The van der Waals surface area contributed by atoms with E-state index >= 15 is 0 Å². The molecule has 0 spiro atoms. The van der Waals surface area contributed by atoms with Crippen LogP contribution in [-0.2, 0) is 16.6 Å². The molecule has 3 rings (SSSR count). The highest BCUT2D eigenvalue weighted by Gasteiger charge is 2.30. The zero-order valence-electron chi connectivity index (χ0n) is 12.7. The van der Waals surface area contributed by atoms with Gasteiger partial charge in [-0.05, 0) is 19.9 Å². The first kappa shape index (κ1) is 15.7. The van der Waals surface area contributed by atoms with Gasteiger partial charge >= 0.3 is 0 Å². The van der Waals surface area contributed by atoms with Gasteiger partial charge in [0, 0.05) is 48.5 Å². The van der Waals surface area contributed by atoms with E-state index in [2.05, 4.69) is 10.1 Å². The fourth-order valence-corrected chi connectivity index (χ4v) is 5.62. The smallest absolute Gasteiger partial charge is 0.244 e. The number of thiophene rings is 1. The number of hydrogen-bond acceptors (Lipinski definition) is 6. The van der Waals surface area contributed by atoms with Crippen LogP contribution in [0.15, 0.2) is 27.8 Å². The van der Waals surface area contributed by atoms with Gasteiger partial charge in [-0.1, -0.05) is 5.16 Å². The summed E-state index contributed by atoms with van der Waals surface area (Å²) in [6.07, 6.45) is 1.55. The Bertz CT molecular complexity index is 729. The van der Waals surface area contributed by atoms with E-state index in [4.69, 9.17) is 4.52 Å². The highest BCUT2D eigenvalue weighted by atomic mass is 32.2. The first-order valence-electron chi connectivity index (χ1n) is 7.15. The Labute approximate surface area is 134 Å². The molecule has 0 bridgehead atoms. The zero-order chi connectivity index (χ0) is 15.7. The van der Waals surface area contributed by atoms with E-state index in [0.717, 1.165) is 15.4 Å². The number of sulfonamides is 1. The molecule has 1 saturated heterocycles. The lowest BCUT2D eigenvalue weighted by Crippen LogP contribution is -2.48. The van der Waals surface area contributed by atoms with Crippen molar-refractivity contribution in [2.45, 2.75) is 25.3 Å². The SMILES string of the molecule is Cc1cc(S(=O)(=O)N2CCN(Cc3ccon3)CC2)c(C)s1. The zero-order valence-corrected chi connectivity index (χ0v) is 14.3. The van der Waals surface area contributed by atoms with Crippen LogP contribution in [0.5, 0.6) is 0 Å². The standard InChI is InChI=1S/C14H19N3O3S2/c1-11-9-14(12(2)21-11)22(18,19)17-6-4-16(5-7-17)10-13-3-8-20-15-13/h3,8-9H,4-7,10H2,1-2H3. The molecule has 1 fully saturated rings. The molecule has 22 heavy (non-hydrogen) atoms. The average Bonchev–Trinajstić information content (AvgIpc) is 3.09. The molecule has 120 valence electrons. The maximum atomic E-state index is 12.7. The summed E-state index contributed by atoms with van der Waals surface area (Å²) in [7, 11) is -3.37. The van der Waals surface area contributed by atoms with Crippen LogP contribution >= 0.6 is 11.3 Å². The van der Waals surface area contributed by atoms with Crippen LogP contribution < -0.4 is 0 Å². The minimum absolute atomic E-state index is 0.458. The van der Waals surface area contributed by atoms with Crippen molar-refractivity contribution >= 4 is 21.4 Å². The van der Waals surface area contributed by atoms with Gasteiger partial charge in [0.15, 0.2) is 0 Å². The summed E-state index contributed by atoms with van der Waals surface area (Å²) in [6, 6.07) is 3.61. The molecule has 0 saturated carbocycles. The first-order valence-corrected chi connectivity index (χ1v) is 9.41. The molecule has 0 amide bonds. The third-order valence-electron chi connectivity index (χ3n) is 3.82. The lowest BCUT2D eigenvalue weighted by atomic mass is 10.3. The minimum Gasteiger partial charge on any atom is -0.364 e. The number of aryl methyl sites for hydroxylation is 2. The summed E-state index contributed by atoms with van der Waals surface area (Å²) in [4.78, 5) is 4.54. The Kier molecular flexibility index (Phi) is 4.35. The van der Waals surface area contributed by atoms with Gasteiger partial charge in [-0.25, -0.2) is 8.42 Å². The Morgan fingerprint density at radius 2 is 2.00 bits per heavy atom. The van der Waals surface area contributed by atoms with Crippen molar-refractivity contribution in [3.63, 3.8) is 0 Å². The maximum Gasteiger partial charge on any atom is 0.244 e. The molecule has 2 aromatic heterocycles. The second-order valence-corrected chi connectivity index (χ2v) is 8.82. The molecule has 1 aliphatic rings. The second kappa shape index (κ2) is 6.11. The second-order valence-electron chi connectivity index (χ2n) is 5.45. The number of nitrogens with zero attached hydrogens (tertiary/aromatic N) is 3. The molecule has 1 aliphatic heterocycles. The molecule has 2 aromatic rings. The van der Waals surface area contributed by atoms with Crippen LogP contribution in [0.4, 0.5) is 0 Å². The molecule has 3 heterocycles. The predicted molar refractivity (Wildman–Crippen MR) is 84.3 cm³/mol. The van der Waals surface area contributed by atoms with Gasteiger partial charge in [0.1, 0.15) is 6.26 Å². The van der Waals surface area contributed by atoms with E-state index in [1.54, 1.807) is 16.6 Å². The monoisotopic (exact) mass is 341 g/mol. The third kappa shape index (κ3) is 3.10. The number of rotatable bonds is 4. The van der Waals surface area contributed by atoms with Crippen LogP contribution in [0.2, 0.25) is 0 Å². The van der Waals surface area contributed by atoms with Crippen molar-refractivity contribution in [1.82, 2.24) is 14.4 Å². The van der Waals surface area contributed by atoms with Gasteiger partial charge in [-0.15, -0.1) is 11.3 Å². The van der Waals surface area contributed by atoms with Crippen molar-refractivity contribution in [2.24, 2.45) is 0 Å². The topological polar surface area (TPSA) is 66.7 Å². The first-order chi connectivity index (χ1) is 10.5. The molecule has 0 aliphatic carbocycles. The average molecular weight is 341 g/mol. The van der Waals surface area contributed by atoms with E-state index in [-0.39, 0.29) is 0 Å². The molecular formula is C14H19N3O3S2. The van der Waals surface area contributed by atoms with Crippen LogP contribution in [-0.4, -0.2) is 49.0 Å². The van der Waals surface area contributed by atoms with E-state index in [1.165, 1.54) is 11.3 Å². The Hall–Kier alpha value is -1.22. The summed E-state index contributed by atoms with van der Waals surface area (Å²) in [5.41, 5.74) is 0.876. The predicted octanol–water partition coefficient (Wildman–Crippen LogP) is 1.86. The number of aromatic nitrogens is 1. The largest absolute Gasteiger partial charge is 0.364 e. The molecule has 0 atom stereocenters. The highest BCUT2D eigenvalue weighted by molar-refractivity contribution is 7.89. The van der Waals surface area contributed by atoms with Crippen molar-refractivity contribution < 1.29 is 12.9 Å². The summed E-state index contributed by atoms with van der Waals surface area (Å²) in [6.45, 7) is 6.92. The highest BCUT2D eigenvalue weighted by Crippen LogP contribution is 2.28. The molecule has 0 N–H and O–H groups in total. The third-order valence-corrected chi connectivity index (χ3v) is 6.94. The maximum absolute atomic E-state index is 12.7. The van der Waals surface area contributed by atoms with E-state index in [1.807, 2.05) is 19.9 Å². The van der Waals surface area contributed by atoms with Crippen molar-refractivity contribution in [3.05, 3.63) is 33.8 Å². The van der Waals surface area contributed by atoms with Gasteiger partial charge in [0.25, 0.3) is 0 Å². The van der Waals surface area contributed by atoms with Gasteiger partial charge < -0.3 is 4.52 Å². The van der Waals surface area contributed by atoms with Gasteiger partial charge in [-0.3, -0.25) is 4.90 Å². The summed E-state index contributed by atoms with van der Waals surface area (Å²) < 4.78 is 31.9. The fraction of sp³-hybridized carbons (Fsp3) is 0.500. The Morgan fingerprint density at radius 3 is 2.55 bits per heavy atom. The Morgan fingerprint density at radius 1 is 1.27 bits per heavy atom. The van der Waals surface area contributed by atoms with E-state index < -0.39 is 10.0 Å². The van der Waals surface area contributed by atoms with E-state index in [0.29, 0.717) is 37.6 Å². The summed E-state index contributed by atoms with van der Waals surface area (Å²) >= 11 is 1.53. The van der Waals surface area contributed by atoms with Crippen LogP contribution in [0.1, 0.15) is 15.4 Å². The van der Waals surface area contributed by atoms with E-state index in [9.17, 15) is 8.42 Å². The van der Waals surface area contributed by atoms with Crippen molar-refractivity contribution in [2.75, 3.05) is 26.2 Å². The molecule has 0 radical (unpaired) electrons. The van der Waals surface area contributed by atoms with Crippen molar-refractivity contribution in [3.8, 4) is 0 Å². The van der Waals surface area contributed by atoms with Gasteiger partial charge in [0.05, 0.1) is 10.6 Å². The number of piperazine rings is 1. The molecule has 8 heteroatoms. The van der Waals surface area contributed by atoms with Gasteiger partial charge in [0.2, 0.25) is 10.0 Å². The summed E-state index contributed by atoms with van der Waals surface area (Å²) in [5, 5.41) is 3.89. The molecule has 0 unspecified atom stereocenters. The molecular weight excluding hydrogens is 322 g/mol. The van der Waals surface area contributed by atoms with Crippen LogP contribution in [0, 0.1) is 13.8 Å². The van der Waals surface area contributed by atoms with Gasteiger partial charge in [-0.2, -0.15) is 4.31 Å². The quantitative estimate of drug-likeness (QED) is 0.849. The molecule has 6 nitrogen and oxygen atoms in total. The summed E-state index contributed by atoms with van der Waals surface area (Å²) in [5.74, 6) is 0. The lowest BCUT2D eigenvalue weighted by Gasteiger charge is -2.33. The van der Waals surface area contributed by atoms with Crippen LogP contribution in [0.25, 0.3) is 0 Å². The lowest BCUT2D eigenvalue weighted by molar-refractivity contribution is 0.178. The number of hydrogen-bond donors (Lipinski definition) is 0. The molecule has 0 aromatic carbocycles. The van der Waals surface area contributed by atoms with Crippen LogP contribution in [0.3, 0.4) is 0 Å². The fourth-order valence-electron chi connectivity index (χ4n) is 2.68. The van der Waals surface area contributed by atoms with Crippen molar-refractivity contribution in [1.29, 1.82) is 0 Å². The minimum atomic E-state index is -3.37.